The summed E-state index contributed by atoms with van der Waals surface area (Å²) in [5.41, 5.74) is 2.94. The van der Waals surface area contributed by atoms with E-state index >= 15 is 0 Å². The Balaban J connectivity index is 1.74. The number of hydrogen-bond donors (Lipinski definition) is 1. The summed E-state index contributed by atoms with van der Waals surface area (Å²) in [6, 6.07) is 9.87. The smallest absolute Gasteiger partial charge is 0.222 e. The lowest BCUT2D eigenvalue weighted by Gasteiger charge is -2.04. The van der Waals surface area contributed by atoms with E-state index < -0.39 is 0 Å². The Morgan fingerprint density at radius 3 is 2.74 bits per heavy atom. The van der Waals surface area contributed by atoms with E-state index in [9.17, 15) is 4.79 Å². The van der Waals surface area contributed by atoms with Crippen molar-refractivity contribution in [1.29, 1.82) is 0 Å². The van der Waals surface area contributed by atoms with Crippen LogP contribution < -0.4 is 5.32 Å². The molecule has 6 heteroatoms. The lowest BCUT2D eigenvalue weighted by atomic mass is 10.1. The fraction of sp³-hybridized carbons (Fsp3) is 0.412. The Kier molecular flexibility index (Phi) is 6.77. The van der Waals surface area contributed by atoms with Gasteiger partial charge in [-0.3, -0.25) is 4.79 Å². The van der Waals surface area contributed by atoms with Crippen LogP contribution in [0, 0.1) is 6.92 Å². The summed E-state index contributed by atoms with van der Waals surface area (Å²) in [6.07, 6.45) is 0.308. The topological polar surface area (TPSA) is 73.6 Å². The van der Waals surface area contributed by atoms with Crippen LogP contribution in [0.5, 0.6) is 0 Å². The molecule has 0 atom stereocenters. The molecule has 2 rings (SSSR count). The zero-order chi connectivity index (χ0) is 16.5. The lowest BCUT2D eigenvalue weighted by Crippen LogP contribution is -2.23. The number of ether oxygens (including phenoxy) is 2. The average molecular weight is 318 g/mol. The Hall–Kier alpha value is -2.18. The number of hydrogen-bond acceptors (Lipinski definition) is 5. The van der Waals surface area contributed by atoms with Crippen molar-refractivity contribution in [2.75, 3.05) is 26.9 Å². The maximum absolute atomic E-state index is 11.7. The summed E-state index contributed by atoms with van der Waals surface area (Å²) < 4.78 is 15.3. The summed E-state index contributed by atoms with van der Waals surface area (Å²) in [5, 5.41) is 6.80. The highest BCUT2D eigenvalue weighted by atomic mass is 16.5. The van der Waals surface area contributed by atoms with E-state index in [0.717, 1.165) is 11.3 Å². The van der Waals surface area contributed by atoms with Crippen LogP contribution in [0.4, 0.5) is 0 Å². The maximum Gasteiger partial charge on any atom is 0.222 e. The molecule has 0 spiro atoms. The van der Waals surface area contributed by atoms with E-state index in [2.05, 4.69) is 10.5 Å². The number of rotatable bonds is 9. The van der Waals surface area contributed by atoms with E-state index in [1.807, 2.05) is 37.3 Å². The minimum Gasteiger partial charge on any atom is -0.382 e. The van der Waals surface area contributed by atoms with E-state index in [4.69, 9.17) is 14.0 Å². The molecule has 1 amide bonds. The minimum absolute atomic E-state index is 0.0873. The molecular weight excluding hydrogens is 296 g/mol. The van der Waals surface area contributed by atoms with Gasteiger partial charge in [0.2, 0.25) is 5.91 Å². The third kappa shape index (κ3) is 5.84. The molecule has 1 N–H and O–H groups in total. The molecule has 1 heterocycles. The predicted octanol–water partition coefficient (Wildman–Crippen LogP) is 2.32. The molecule has 1 aromatic heterocycles. The zero-order valence-corrected chi connectivity index (χ0v) is 13.5. The van der Waals surface area contributed by atoms with Gasteiger partial charge < -0.3 is 19.3 Å². The monoisotopic (exact) mass is 318 g/mol. The van der Waals surface area contributed by atoms with Gasteiger partial charge in [-0.25, -0.2) is 0 Å². The van der Waals surface area contributed by atoms with Crippen molar-refractivity contribution in [1.82, 2.24) is 10.5 Å². The van der Waals surface area contributed by atoms with Gasteiger partial charge in [0.1, 0.15) is 5.69 Å². The third-order valence-electron chi connectivity index (χ3n) is 3.27. The van der Waals surface area contributed by atoms with Gasteiger partial charge in [0, 0.05) is 25.2 Å². The molecule has 0 aliphatic heterocycles. The van der Waals surface area contributed by atoms with Crippen LogP contribution in [0.3, 0.4) is 0 Å². The molecular formula is C17H22N2O4. The van der Waals surface area contributed by atoms with Crippen LogP contribution in [-0.4, -0.2) is 38.0 Å². The fourth-order valence-corrected chi connectivity index (χ4v) is 1.94. The van der Waals surface area contributed by atoms with Crippen molar-refractivity contribution < 1.29 is 18.8 Å². The molecule has 0 fully saturated rings. The molecule has 0 radical (unpaired) electrons. The van der Waals surface area contributed by atoms with Crippen LogP contribution in [0.15, 0.2) is 34.9 Å². The summed E-state index contributed by atoms with van der Waals surface area (Å²) in [7, 11) is 1.61. The molecule has 124 valence electrons. The Labute approximate surface area is 135 Å². The second-order valence-corrected chi connectivity index (χ2v) is 5.18. The van der Waals surface area contributed by atoms with Crippen LogP contribution in [-0.2, 0) is 20.8 Å². The maximum atomic E-state index is 11.7. The third-order valence-corrected chi connectivity index (χ3v) is 3.27. The van der Waals surface area contributed by atoms with E-state index in [-0.39, 0.29) is 5.91 Å². The molecule has 0 unspecified atom stereocenters. The van der Waals surface area contributed by atoms with Crippen LogP contribution >= 0.6 is 0 Å². The van der Waals surface area contributed by atoms with Gasteiger partial charge in [0.15, 0.2) is 5.76 Å². The van der Waals surface area contributed by atoms with Crippen molar-refractivity contribution in [2.45, 2.75) is 19.9 Å². The van der Waals surface area contributed by atoms with Gasteiger partial charge in [-0.15, -0.1) is 0 Å². The van der Waals surface area contributed by atoms with Crippen molar-refractivity contribution in [3.05, 3.63) is 41.7 Å². The van der Waals surface area contributed by atoms with E-state index in [1.165, 1.54) is 5.56 Å². The molecule has 1 aromatic carbocycles. The Morgan fingerprint density at radius 1 is 1.22 bits per heavy atom. The lowest BCUT2D eigenvalue weighted by molar-refractivity contribution is -0.122. The second kappa shape index (κ2) is 9.07. The number of carbonyl (C=O) groups excluding carboxylic acids is 1. The largest absolute Gasteiger partial charge is 0.382 e. The normalized spacial score (nSPS) is 10.7. The van der Waals surface area contributed by atoms with Gasteiger partial charge in [-0.2, -0.15) is 0 Å². The summed E-state index contributed by atoms with van der Waals surface area (Å²) in [4.78, 5) is 11.7. The number of aromatic nitrogens is 1. The average Bonchev–Trinajstić information content (AvgIpc) is 3.02. The molecule has 0 aliphatic rings. The first-order chi connectivity index (χ1) is 11.2. The first-order valence-corrected chi connectivity index (χ1v) is 7.55. The number of carbonyl (C=O) groups is 1. The number of nitrogens with one attached hydrogen (secondary N) is 1. The molecule has 23 heavy (non-hydrogen) atoms. The molecule has 2 aromatic rings. The number of amides is 1. The number of benzene rings is 1. The van der Waals surface area contributed by atoms with Crippen LogP contribution in [0.1, 0.15) is 17.7 Å². The summed E-state index contributed by atoms with van der Waals surface area (Å²) in [6.45, 7) is 3.75. The Morgan fingerprint density at radius 2 is 2.00 bits per heavy atom. The first kappa shape index (κ1) is 17.2. The fourth-order valence-electron chi connectivity index (χ4n) is 1.94. The van der Waals surface area contributed by atoms with E-state index in [1.54, 1.807) is 7.11 Å². The molecule has 0 saturated heterocycles. The highest BCUT2D eigenvalue weighted by Crippen LogP contribution is 2.19. The number of nitrogens with zero attached hydrogens (tertiary/aromatic N) is 1. The highest BCUT2D eigenvalue weighted by Gasteiger charge is 2.08. The van der Waals surface area contributed by atoms with Crippen molar-refractivity contribution in [3.8, 4) is 11.3 Å². The Bertz CT molecular complexity index is 607. The quantitative estimate of drug-likeness (QED) is 0.718. The SMILES string of the molecule is COCCOCCC(=O)NCc1cc(-c2ccc(C)cc2)no1. The summed E-state index contributed by atoms with van der Waals surface area (Å²) >= 11 is 0. The van der Waals surface area contributed by atoms with Crippen LogP contribution in [0.25, 0.3) is 11.3 Å². The standard InChI is InChI=1S/C17H22N2O4/c1-13-3-5-14(6-4-13)16-11-15(23-19-16)12-18-17(20)7-8-22-10-9-21-2/h3-6,11H,7-10,12H2,1-2H3,(H,18,20). The van der Waals surface area contributed by atoms with Gasteiger partial charge >= 0.3 is 0 Å². The van der Waals surface area contributed by atoms with Crippen LogP contribution in [0.2, 0.25) is 0 Å². The van der Waals surface area contributed by atoms with Gasteiger partial charge in [-0.05, 0) is 6.92 Å². The summed E-state index contributed by atoms with van der Waals surface area (Å²) in [5.74, 6) is 0.532. The van der Waals surface area contributed by atoms with Crippen molar-refractivity contribution in [3.63, 3.8) is 0 Å². The predicted molar refractivity (Wildman–Crippen MR) is 85.8 cm³/mol. The number of aryl methyl sites for hydroxylation is 1. The highest BCUT2D eigenvalue weighted by molar-refractivity contribution is 5.75. The van der Waals surface area contributed by atoms with Gasteiger partial charge in [-0.1, -0.05) is 35.0 Å². The van der Waals surface area contributed by atoms with E-state index in [0.29, 0.717) is 38.5 Å². The first-order valence-electron chi connectivity index (χ1n) is 7.55. The second-order valence-electron chi connectivity index (χ2n) is 5.18. The van der Waals surface area contributed by atoms with Gasteiger partial charge in [0.05, 0.1) is 26.4 Å². The minimum atomic E-state index is -0.0873. The molecule has 0 aliphatic carbocycles. The molecule has 6 nitrogen and oxygen atoms in total. The van der Waals surface area contributed by atoms with Gasteiger partial charge in [0.25, 0.3) is 0 Å². The molecule has 0 saturated carbocycles. The molecule has 0 bridgehead atoms. The number of methoxy groups -OCH3 is 1. The van der Waals surface area contributed by atoms with Crippen molar-refractivity contribution >= 4 is 5.91 Å². The van der Waals surface area contributed by atoms with Crippen molar-refractivity contribution in [2.24, 2.45) is 0 Å². The zero-order valence-electron chi connectivity index (χ0n) is 13.5.